The highest BCUT2D eigenvalue weighted by Gasteiger charge is 2.16. The fraction of sp³-hybridized carbons (Fsp3) is 0.933. The molecule has 0 unspecified atom stereocenters. The van der Waals surface area contributed by atoms with Crippen LogP contribution in [0, 0.1) is 5.41 Å². The van der Waals surface area contributed by atoms with E-state index in [9.17, 15) is 4.79 Å². The molecule has 0 atom stereocenters. The van der Waals surface area contributed by atoms with Crippen molar-refractivity contribution < 1.29 is 4.79 Å². The molecule has 0 aromatic carbocycles. The molecule has 0 heterocycles. The summed E-state index contributed by atoms with van der Waals surface area (Å²) in [5.41, 5.74) is 0.476. The summed E-state index contributed by atoms with van der Waals surface area (Å²) in [5.74, 6) is 0.453. The molecule has 0 fully saturated rings. The second-order valence-electron chi connectivity index (χ2n) is 5.76. The molecule has 0 aromatic rings. The molecular formula is C15H30O. The minimum absolute atomic E-state index is 0.453. The fourth-order valence-electron chi connectivity index (χ4n) is 2.11. The Kier molecular flexibility index (Phi) is 8.60. The van der Waals surface area contributed by atoms with E-state index in [2.05, 4.69) is 27.7 Å². The normalized spacial score (nSPS) is 11.8. The van der Waals surface area contributed by atoms with Crippen LogP contribution in [0.15, 0.2) is 0 Å². The smallest absolute Gasteiger partial charge is 0.132 e. The van der Waals surface area contributed by atoms with Gasteiger partial charge in [0, 0.05) is 12.8 Å². The zero-order valence-electron chi connectivity index (χ0n) is 11.8. The fourth-order valence-corrected chi connectivity index (χ4v) is 2.11. The lowest BCUT2D eigenvalue weighted by Gasteiger charge is -2.24. The first kappa shape index (κ1) is 15.7. The monoisotopic (exact) mass is 226 g/mol. The molecule has 96 valence electrons. The molecule has 0 aliphatic carbocycles. The highest BCUT2D eigenvalue weighted by Crippen LogP contribution is 2.29. The summed E-state index contributed by atoms with van der Waals surface area (Å²) in [7, 11) is 0. The lowest BCUT2D eigenvalue weighted by Crippen LogP contribution is -2.11. The van der Waals surface area contributed by atoms with Crippen LogP contribution in [-0.4, -0.2) is 5.78 Å². The van der Waals surface area contributed by atoms with Crippen molar-refractivity contribution in [1.29, 1.82) is 0 Å². The molecule has 0 rings (SSSR count). The number of Topliss-reactive ketones (excluding diaryl/α,β-unsaturated/α-hetero) is 1. The van der Waals surface area contributed by atoms with Crippen molar-refractivity contribution in [2.75, 3.05) is 0 Å². The third-order valence-electron chi connectivity index (χ3n) is 3.30. The summed E-state index contributed by atoms with van der Waals surface area (Å²) in [4.78, 5) is 11.3. The van der Waals surface area contributed by atoms with Gasteiger partial charge in [0.1, 0.15) is 5.78 Å². The van der Waals surface area contributed by atoms with Gasteiger partial charge in [0.05, 0.1) is 0 Å². The van der Waals surface area contributed by atoms with Gasteiger partial charge in [-0.25, -0.2) is 0 Å². The summed E-state index contributed by atoms with van der Waals surface area (Å²) in [6, 6.07) is 0. The van der Waals surface area contributed by atoms with Crippen molar-refractivity contribution in [3.8, 4) is 0 Å². The first-order valence-corrected chi connectivity index (χ1v) is 7.03. The number of hydrogen-bond acceptors (Lipinski definition) is 1. The van der Waals surface area contributed by atoms with Crippen LogP contribution in [-0.2, 0) is 4.79 Å². The summed E-state index contributed by atoms with van der Waals surface area (Å²) in [5, 5.41) is 0. The molecule has 0 amide bonds. The maximum Gasteiger partial charge on any atom is 0.132 e. The van der Waals surface area contributed by atoms with E-state index in [4.69, 9.17) is 0 Å². The number of carbonyl (C=O) groups is 1. The van der Waals surface area contributed by atoms with Crippen LogP contribution < -0.4 is 0 Å². The second-order valence-corrected chi connectivity index (χ2v) is 5.76. The Morgan fingerprint density at radius 1 is 0.875 bits per heavy atom. The molecule has 1 heteroatoms. The summed E-state index contributed by atoms with van der Waals surface area (Å²) in [6.45, 7) is 9.04. The van der Waals surface area contributed by atoms with Gasteiger partial charge < -0.3 is 0 Å². The Hall–Kier alpha value is -0.330. The van der Waals surface area contributed by atoms with Gasteiger partial charge in [0.15, 0.2) is 0 Å². The van der Waals surface area contributed by atoms with Gasteiger partial charge in [-0.1, -0.05) is 47.0 Å². The van der Waals surface area contributed by atoms with E-state index < -0.39 is 0 Å². The second kappa shape index (κ2) is 8.78. The van der Waals surface area contributed by atoms with Crippen LogP contribution in [0.5, 0.6) is 0 Å². The maximum absolute atomic E-state index is 11.3. The highest BCUT2D eigenvalue weighted by atomic mass is 16.1. The molecule has 0 N–H and O–H groups in total. The molecule has 0 saturated carbocycles. The lowest BCUT2D eigenvalue weighted by atomic mass is 9.82. The molecule has 0 bridgehead atoms. The number of hydrogen-bond donors (Lipinski definition) is 0. The molecule has 0 aromatic heterocycles. The number of unbranched alkanes of at least 4 members (excludes halogenated alkanes) is 2. The maximum atomic E-state index is 11.3. The Morgan fingerprint density at radius 2 is 1.50 bits per heavy atom. The molecule has 0 aliphatic heterocycles. The van der Waals surface area contributed by atoms with Gasteiger partial charge in [-0.05, 0) is 31.1 Å². The van der Waals surface area contributed by atoms with Crippen molar-refractivity contribution in [3.63, 3.8) is 0 Å². The first-order chi connectivity index (χ1) is 7.52. The lowest BCUT2D eigenvalue weighted by molar-refractivity contribution is -0.119. The van der Waals surface area contributed by atoms with Crippen LogP contribution in [0.1, 0.15) is 85.5 Å². The SMILES string of the molecule is CCCCC(C)(C)CCCCC(=O)CCC. The number of rotatable bonds is 10. The van der Waals surface area contributed by atoms with Crippen LogP contribution in [0.25, 0.3) is 0 Å². The zero-order chi connectivity index (χ0) is 12.4. The van der Waals surface area contributed by atoms with Crippen molar-refractivity contribution in [2.45, 2.75) is 85.5 Å². The van der Waals surface area contributed by atoms with E-state index >= 15 is 0 Å². The Labute approximate surface area is 102 Å². The van der Waals surface area contributed by atoms with Gasteiger partial charge in [0.2, 0.25) is 0 Å². The minimum atomic E-state index is 0.453. The van der Waals surface area contributed by atoms with Crippen molar-refractivity contribution in [3.05, 3.63) is 0 Å². The predicted octanol–water partition coefficient (Wildman–Crippen LogP) is 5.13. The van der Waals surface area contributed by atoms with Gasteiger partial charge in [-0.2, -0.15) is 0 Å². The van der Waals surface area contributed by atoms with E-state index in [1.54, 1.807) is 0 Å². The minimum Gasteiger partial charge on any atom is -0.300 e. The summed E-state index contributed by atoms with van der Waals surface area (Å²) in [6.07, 6.45) is 10.1. The van der Waals surface area contributed by atoms with Crippen LogP contribution in [0.3, 0.4) is 0 Å². The average molecular weight is 226 g/mol. The average Bonchev–Trinajstić information content (AvgIpc) is 2.22. The Bertz CT molecular complexity index is 182. The van der Waals surface area contributed by atoms with Crippen LogP contribution in [0.2, 0.25) is 0 Å². The third-order valence-corrected chi connectivity index (χ3v) is 3.30. The van der Waals surface area contributed by atoms with Crippen molar-refractivity contribution >= 4 is 5.78 Å². The van der Waals surface area contributed by atoms with E-state index in [0.717, 1.165) is 25.7 Å². The van der Waals surface area contributed by atoms with Crippen molar-refractivity contribution in [2.24, 2.45) is 5.41 Å². The van der Waals surface area contributed by atoms with E-state index in [-0.39, 0.29) is 0 Å². The molecule has 1 nitrogen and oxygen atoms in total. The molecular weight excluding hydrogens is 196 g/mol. The Morgan fingerprint density at radius 3 is 2.06 bits per heavy atom. The Balaban J connectivity index is 3.52. The summed E-state index contributed by atoms with van der Waals surface area (Å²) < 4.78 is 0. The standard InChI is InChI=1S/C15H30O/c1-5-7-12-15(3,4)13-9-8-11-14(16)10-6-2/h5-13H2,1-4H3. The van der Waals surface area contributed by atoms with E-state index in [1.807, 2.05) is 0 Å². The van der Waals surface area contributed by atoms with Crippen LogP contribution in [0.4, 0.5) is 0 Å². The van der Waals surface area contributed by atoms with Crippen LogP contribution >= 0.6 is 0 Å². The predicted molar refractivity (Wildman–Crippen MR) is 71.7 cm³/mol. The van der Waals surface area contributed by atoms with Gasteiger partial charge in [-0.3, -0.25) is 4.79 Å². The topological polar surface area (TPSA) is 17.1 Å². The van der Waals surface area contributed by atoms with Gasteiger partial charge in [0.25, 0.3) is 0 Å². The first-order valence-electron chi connectivity index (χ1n) is 7.03. The van der Waals surface area contributed by atoms with E-state index in [0.29, 0.717) is 11.2 Å². The van der Waals surface area contributed by atoms with Gasteiger partial charge >= 0.3 is 0 Å². The molecule has 0 saturated heterocycles. The van der Waals surface area contributed by atoms with E-state index in [1.165, 1.54) is 32.1 Å². The molecule has 0 radical (unpaired) electrons. The molecule has 0 aliphatic rings. The van der Waals surface area contributed by atoms with Gasteiger partial charge in [-0.15, -0.1) is 0 Å². The number of carbonyl (C=O) groups excluding carboxylic acids is 1. The highest BCUT2D eigenvalue weighted by molar-refractivity contribution is 5.78. The van der Waals surface area contributed by atoms with Crippen molar-refractivity contribution in [1.82, 2.24) is 0 Å². The largest absolute Gasteiger partial charge is 0.300 e. The quantitative estimate of drug-likeness (QED) is 0.472. The number of ketones is 1. The summed E-state index contributed by atoms with van der Waals surface area (Å²) >= 11 is 0. The molecule has 0 spiro atoms. The third kappa shape index (κ3) is 8.94. The molecule has 16 heavy (non-hydrogen) atoms. The zero-order valence-corrected chi connectivity index (χ0v) is 11.8.